The summed E-state index contributed by atoms with van der Waals surface area (Å²) in [4.78, 5) is 0. The molecule has 20 heavy (non-hydrogen) atoms. The summed E-state index contributed by atoms with van der Waals surface area (Å²) < 4.78 is 13.6. The van der Waals surface area contributed by atoms with E-state index in [-0.39, 0.29) is 11.9 Å². The van der Waals surface area contributed by atoms with E-state index >= 15 is 0 Å². The molecule has 106 valence electrons. The SMILES string of the molecule is Cc1ccc(C(Cc2cc(Cl)ccc2Cl)NN)cc1F. The zero-order valence-corrected chi connectivity index (χ0v) is 12.5. The van der Waals surface area contributed by atoms with Gasteiger partial charge in [-0.3, -0.25) is 11.3 Å². The van der Waals surface area contributed by atoms with Gasteiger partial charge in [0, 0.05) is 10.0 Å². The van der Waals surface area contributed by atoms with E-state index in [0.29, 0.717) is 22.0 Å². The van der Waals surface area contributed by atoms with Gasteiger partial charge in [0.2, 0.25) is 0 Å². The van der Waals surface area contributed by atoms with Crippen LogP contribution in [0.2, 0.25) is 10.0 Å². The number of hydrazine groups is 1. The fraction of sp³-hybridized carbons (Fsp3) is 0.200. The first kappa shape index (κ1) is 15.3. The van der Waals surface area contributed by atoms with Crippen molar-refractivity contribution in [3.05, 3.63) is 69.0 Å². The Hall–Kier alpha value is -1.13. The minimum absolute atomic E-state index is 0.235. The molecule has 0 spiro atoms. The summed E-state index contributed by atoms with van der Waals surface area (Å²) in [5.74, 6) is 5.33. The van der Waals surface area contributed by atoms with Crippen LogP contribution < -0.4 is 11.3 Å². The largest absolute Gasteiger partial charge is 0.271 e. The zero-order valence-electron chi connectivity index (χ0n) is 11.0. The van der Waals surface area contributed by atoms with Crippen LogP contribution in [0.25, 0.3) is 0 Å². The lowest BCUT2D eigenvalue weighted by Gasteiger charge is -2.18. The van der Waals surface area contributed by atoms with Crippen molar-refractivity contribution < 1.29 is 4.39 Å². The molecule has 0 aromatic heterocycles. The molecule has 2 nitrogen and oxygen atoms in total. The van der Waals surface area contributed by atoms with Gasteiger partial charge in [0.25, 0.3) is 0 Å². The van der Waals surface area contributed by atoms with Crippen LogP contribution >= 0.6 is 23.2 Å². The molecule has 0 aliphatic heterocycles. The lowest BCUT2D eigenvalue weighted by Crippen LogP contribution is -2.29. The number of rotatable bonds is 4. The highest BCUT2D eigenvalue weighted by molar-refractivity contribution is 6.33. The molecule has 2 aromatic carbocycles. The smallest absolute Gasteiger partial charge is 0.126 e. The molecule has 0 radical (unpaired) electrons. The van der Waals surface area contributed by atoms with Crippen LogP contribution in [0.1, 0.15) is 22.7 Å². The Morgan fingerprint density at radius 1 is 1.20 bits per heavy atom. The van der Waals surface area contributed by atoms with Gasteiger partial charge in [-0.25, -0.2) is 4.39 Å². The highest BCUT2D eigenvalue weighted by Crippen LogP contribution is 2.26. The summed E-state index contributed by atoms with van der Waals surface area (Å²) in [6, 6.07) is 10.1. The van der Waals surface area contributed by atoms with Gasteiger partial charge in [0.15, 0.2) is 0 Å². The van der Waals surface area contributed by atoms with Gasteiger partial charge in [-0.15, -0.1) is 0 Å². The maximum Gasteiger partial charge on any atom is 0.126 e. The summed E-state index contributed by atoms with van der Waals surface area (Å²) >= 11 is 12.1. The van der Waals surface area contributed by atoms with E-state index in [9.17, 15) is 4.39 Å². The molecule has 0 bridgehead atoms. The summed E-state index contributed by atoms with van der Waals surface area (Å²) in [6.07, 6.45) is 0.526. The summed E-state index contributed by atoms with van der Waals surface area (Å²) in [5, 5.41) is 1.22. The molecule has 1 atom stereocenters. The summed E-state index contributed by atoms with van der Waals surface area (Å²) in [7, 11) is 0. The van der Waals surface area contributed by atoms with E-state index in [2.05, 4.69) is 5.43 Å². The van der Waals surface area contributed by atoms with E-state index in [4.69, 9.17) is 29.0 Å². The van der Waals surface area contributed by atoms with Crippen molar-refractivity contribution in [3.8, 4) is 0 Å². The van der Waals surface area contributed by atoms with Crippen LogP contribution in [0.4, 0.5) is 4.39 Å². The van der Waals surface area contributed by atoms with E-state index in [1.54, 1.807) is 31.2 Å². The number of nitrogens with two attached hydrogens (primary N) is 1. The number of nitrogens with one attached hydrogen (secondary N) is 1. The molecule has 3 N–H and O–H groups in total. The second kappa shape index (κ2) is 6.55. The van der Waals surface area contributed by atoms with Crippen molar-refractivity contribution in [2.45, 2.75) is 19.4 Å². The van der Waals surface area contributed by atoms with Crippen molar-refractivity contribution in [2.75, 3.05) is 0 Å². The Bertz CT molecular complexity index is 617. The average molecular weight is 313 g/mol. The fourth-order valence-corrected chi connectivity index (χ4v) is 2.41. The molecule has 2 rings (SSSR count). The number of aryl methyl sites for hydroxylation is 1. The quantitative estimate of drug-likeness (QED) is 0.656. The Morgan fingerprint density at radius 3 is 2.60 bits per heavy atom. The molecule has 0 fully saturated rings. The number of hydrogen-bond donors (Lipinski definition) is 2. The molecule has 0 aliphatic carbocycles. The van der Waals surface area contributed by atoms with Crippen LogP contribution in [0.5, 0.6) is 0 Å². The van der Waals surface area contributed by atoms with Gasteiger partial charge in [-0.1, -0.05) is 35.3 Å². The minimum Gasteiger partial charge on any atom is -0.271 e. The normalized spacial score (nSPS) is 12.4. The molecule has 2 aromatic rings. The van der Waals surface area contributed by atoms with Gasteiger partial charge < -0.3 is 0 Å². The first-order valence-corrected chi connectivity index (χ1v) is 6.93. The van der Waals surface area contributed by atoms with Crippen molar-refractivity contribution in [3.63, 3.8) is 0 Å². The molecule has 1 unspecified atom stereocenters. The first-order chi connectivity index (χ1) is 9.51. The van der Waals surface area contributed by atoms with Gasteiger partial charge >= 0.3 is 0 Å². The van der Waals surface area contributed by atoms with Crippen molar-refractivity contribution >= 4 is 23.2 Å². The lowest BCUT2D eigenvalue weighted by molar-refractivity contribution is 0.543. The van der Waals surface area contributed by atoms with Gasteiger partial charge in [0.05, 0.1) is 6.04 Å². The van der Waals surface area contributed by atoms with Crippen LogP contribution in [-0.4, -0.2) is 0 Å². The Labute approximate surface area is 127 Å². The highest BCUT2D eigenvalue weighted by atomic mass is 35.5. The number of halogens is 3. The molecule has 5 heteroatoms. The van der Waals surface area contributed by atoms with E-state index in [1.807, 2.05) is 6.07 Å². The van der Waals surface area contributed by atoms with Crippen molar-refractivity contribution in [2.24, 2.45) is 5.84 Å². The third-order valence-electron chi connectivity index (χ3n) is 3.23. The minimum atomic E-state index is -0.250. The summed E-state index contributed by atoms with van der Waals surface area (Å²) in [5.41, 5.74) is 4.93. The standard InChI is InChI=1S/C15H15Cl2FN2/c1-9-2-3-10(7-14(9)18)15(20-19)8-11-6-12(16)4-5-13(11)17/h2-7,15,20H,8,19H2,1H3. The second-order valence-corrected chi connectivity index (χ2v) is 5.51. The van der Waals surface area contributed by atoms with E-state index in [0.717, 1.165) is 11.1 Å². The maximum absolute atomic E-state index is 13.6. The molecule has 0 saturated heterocycles. The molecular formula is C15H15Cl2FN2. The van der Waals surface area contributed by atoms with Crippen molar-refractivity contribution in [1.29, 1.82) is 0 Å². The average Bonchev–Trinajstić information content (AvgIpc) is 2.43. The predicted molar refractivity (Wildman–Crippen MR) is 81.4 cm³/mol. The predicted octanol–water partition coefficient (Wildman–Crippen LogP) is 4.19. The van der Waals surface area contributed by atoms with Crippen LogP contribution in [0.15, 0.2) is 36.4 Å². The number of hydrogen-bond acceptors (Lipinski definition) is 2. The number of benzene rings is 2. The maximum atomic E-state index is 13.6. The first-order valence-electron chi connectivity index (χ1n) is 6.17. The van der Waals surface area contributed by atoms with Crippen LogP contribution in [0, 0.1) is 12.7 Å². The van der Waals surface area contributed by atoms with Crippen molar-refractivity contribution in [1.82, 2.24) is 5.43 Å². The fourth-order valence-electron chi connectivity index (χ4n) is 2.02. The molecule has 0 heterocycles. The Morgan fingerprint density at radius 2 is 1.95 bits per heavy atom. The summed E-state index contributed by atoms with van der Waals surface area (Å²) in [6.45, 7) is 1.72. The van der Waals surface area contributed by atoms with Gasteiger partial charge in [0.1, 0.15) is 5.82 Å². The monoisotopic (exact) mass is 312 g/mol. The van der Waals surface area contributed by atoms with E-state index < -0.39 is 0 Å². The topological polar surface area (TPSA) is 38.0 Å². The van der Waals surface area contributed by atoms with Gasteiger partial charge in [-0.2, -0.15) is 0 Å². The van der Waals surface area contributed by atoms with E-state index in [1.165, 1.54) is 6.07 Å². The molecule has 0 amide bonds. The van der Waals surface area contributed by atoms with Gasteiger partial charge in [-0.05, 0) is 54.3 Å². The molecule has 0 saturated carbocycles. The third kappa shape index (κ3) is 3.49. The zero-order chi connectivity index (χ0) is 14.7. The molecule has 0 aliphatic rings. The Kier molecular flexibility index (Phi) is 5.00. The Balaban J connectivity index is 2.28. The lowest BCUT2D eigenvalue weighted by atomic mass is 9.98. The third-order valence-corrected chi connectivity index (χ3v) is 3.84. The van der Waals surface area contributed by atoms with Crippen LogP contribution in [-0.2, 0) is 6.42 Å². The van der Waals surface area contributed by atoms with Crippen LogP contribution in [0.3, 0.4) is 0 Å². The molecular weight excluding hydrogens is 298 g/mol. The second-order valence-electron chi connectivity index (χ2n) is 4.67. The highest BCUT2D eigenvalue weighted by Gasteiger charge is 2.14.